The molecule has 0 atom stereocenters. The quantitative estimate of drug-likeness (QED) is 0.300. The summed E-state index contributed by atoms with van der Waals surface area (Å²) in [4.78, 5) is 9.84. The summed E-state index contributed by atoms with van der Waals surface area (Å²) in [5, 5.41) is 11.6. The molecule has 4 N–H and O–H groups in total. The van der Waals surface area contributed by atoms with Crippen LogP contribution in [0.2, 0.25) is 0 Å². The average molecular weight is 182 g/mol. The Kier molecular flexibility index (Phi) is 2.34. The summed E-state index contributed by atoms with van der Waals surface area (Å²) < 4.78 is 0. The van der Waals surface area contributed by atoms with Gasteiger partial charge in [0.1, 0.15) is 0 Å². The molecular formula is C7H10N4O2. The number of nitro groups is 1. The van der Waals surface area contributed by atoms with Crippen molar-refractivity contribution in [1.82, 2.24) is 0 Å². The van der Waals surface area contributed by atoms with E-state index in [2.05, 4.69) is 0 Å². The van der Waals surface area contributed by atoms with E-state index in [0.29, 0.717) is 11.4 Å². The first-order valence-corrected chi connectivity index (χ1v) is 3.54. The molecule has 0 saturated carbocycles. The summed E-state index contributed by atoms with van der Waals surface area (Å²) in [6.45, 7) is 0. The molecule has 0 unspecified atom stereocenters. The molecule has 0 heterocycles. The lowest BCUT2D eigenvalue weighted by molar-refractivity contribution is -0.384. The molecular weight excluding hydrogens is 172 g/mol. The molecule has 0 fully saturated rings. The Balaban J connectivity index is 3.13. The number of hydrogen-bond donors (Lipinski definition) is 2. The highest BCUT2D eigenvalue weighted by atomic mass is 16.6. The minimum absolute atomic E-state index is 0.0388. The SMILES string of the molecule is CN(N)c1ccc([N+](=O)[O-])cc1N. The number of hydrogen-bond acceptors (Lipinski definition) is 5. The van der Waals surface area contributed by atoms with E-state index in [1.54, 1.807) is 7.05 Å². The van der Waals surface area contributed by atoms with E-state index in [4.69, 9.17) is 11.6 Å². The van der Waals surface area contributed by atoms with Crippen molar-refractivity contribution in [1.29, 1.82) is 0 Å². The molecule has 1 aromatic rings. The van der Waals surface area contributed by atoms with Crippen molar-refractivity contribution in [3.8, 4) is 0 Å². The number of non-ortho nitro benzene ring substituents is 1. The van der Waals surface area contributed by atoms with Gasteiger partial charge in [0, 0.05) is 19.2 Å². The first-order valence-electron chi connectivity index (χ1n) is 3.54. The van der Waals surface area contributed by atoms with Crippen LogP contribution in [0.25, 0.3) is 0 Å². The van der Waals surface area contributed by atoms with E-state index in [0.717, 1.165) is 0 Å². The van der Waals surface area contributed by atoms with Crippen LogP contribution in [0.3, 0.4) is 0 Å². The zero-order chi connectivity index (χ0) is 10.0. The lowest BCUT2D eigenvalue weighted by Gasteiger charge is -2.13. The molecule has 13 heavy (non-hydrogen) atoms. The Morgan fingerprint density at radius 1 is 1.54 bits per heavy atom. The first kappa shape index (κ1) is 9.27. The van der Waals surface area contributed by atoms with Gasteiger partial charge in [0.25, 0.3) is 5.69 Å². The van der Waals surface area contributed by atoms with Gasteiger partial charge in [0.2, 0.25) is 0 Å². The van der Waals surface area contributed by atoms with Crippen LogP contribution in [-0.4, -0.2) is 12.0 Å². The third kappa shape index (κ3) is 1.85. The zero-order valence-electron chi connectivity index (χ0n) is 7.10. The largest absolute Gasteiger partial charge is 0.397 e. The maximum Gasteiger partial charge on any atom is 0.271 e. The van der Waals surface area contributed by atoms with Gasteiger partial charge in [-0.05, 0) is 6.07 Å². The summed E-state index contributed by atoms with van der Waals surface area (Å²) in [6, 6.07) is 4.14. The third-order valence-corrected chi connectivity index (χ3v) is 1.60. The molecule has 0 saturated heterocycles. The predicted molar refractivity (Wildman–Crippen MR) is 50.1 cm³/mol. The Hall–Kier alpha value is -1.82. The van der Waals surface area contributed by atoms with Gasteiger partial charge in [-0.2, -0.15) is 0 Å². The smallest absolute Gasteiger partial charge is 0.271 e. The highest BCUT2D eigenvalue weighted by Crippen LogP contribution is 2.24. The maximum absolute atomic E-state index is 10.3. The van der Waals surface area contributed by atoms with Gasteiger partial charge in [-0.1, -0.05) is 0 Å². The Bertz CT molecular complexity index is 337. The summed E-state index contributed by atoms with van der Waals surface area (Å²) in [6.07, 6.45) is 0. The Morgan fingerprint density at radius 3 is 2.54 bits per heavy atom. The normalized spacial score (nSPS) is 9.69. The number of nitrogens with two attached hydrogens (primary N) is 2. The third-order valence-electron chi connectivity index (χ3n) is 1.60. The van der Waals surface area contributed by atoms with Crippen molar-refractivity contribution in [2.24, 2.45) is 5.84 Å². The molecule has 0 aliphatic heterocycles. The molecule has 70 valence electrons. The number of benzene rings is 1. The monoisotopic (exact) mass is 182 g/mol. The van der Waals surface area contributed by atoms with Crippen LogP contribution in [0.1, 0.15) is 0 Å². The van der Waals surface area contributed by atoms with Gasteiger partial charge in [-0.3, -0.25) is 10.1 Å². The number of anilines is 2. The van der Waals surface area contributed by atoms with Crippen LogP contribution in [0.4, 0.5) is 17.1 Å². The van der Waals surface area contributed by atoms with Crippen LogP contribution in [0.5, 0.6) is 0 Å². The van der Waals surface area contributed by atoms with Gasteiger partial charge in [-0.15, -0.1) is 0 Å². The summed E-state index contributed by atoms with van der Waals surface area (Å²) in [5.41, 5.74) is 6.35. The van der Waals surface area contributed by atoms with Crippen LogP contribution < -0.4 is 16.6 Å². The fourth-order valence-electron chi connectivity index (χ4n) is 0.977. The van der Waals surface area contributed by atoms with E-state index in [1.165, 1.54) is 23.2 Å². The number of nitrogen functional groups attached to an aromatic ring is 1. The highest BCUT2D eigenvalue weighted by Gasteiger charge is 2.09. The molecule has 0 aromatic heterocycles. The molecule has 0 radical (unpaired) electrons. The Morgan fingerprint density at radius 2 is 2.15 bits per heavy atom. The standard InChI is InChI=1S/C7H10N4O2/c1-10(9)7-3-2-5(11(12)13)4-6(7)8/h2-4H,8-9H2,1H3. The van der Waals surface area contributed by atoms with Crippen molar-refractivity contribution in [3.05, 3.63) is 28.3 Å². The van der Waals surface area contributed by atoms with Crippen molar-refractivity contribution >= 4 is 17.1 Å². The molecule has 6 nitrogen and oxygen atoms in total. The van der Waals surface area contributed by atoms with Crippen LogP contribution in [0.15, 0.2) is 18.2 Å². The van der Waals surface area contributed by atoms with Crippen molar-refractivity contribution in [2.75, 3.05) is 17.8 Å². The summed E-state index contributed by atoms with van der Waals surface area (Å²) >= 11 is 0. The fourth-order valence-corrected chi connectivity index (χ4v) is 0.977. The zero-order valence-corrected chi connectivity index (χ0v) is 7.10. The van der Waals surface area contributed by atoms with Crippen molar-refractivity contribution in [3.63, 3.8) is 0 Å². The molecule has 0 bridgehead atoms. The molecule has 0 spiro atoms. The van der Waals surface area contributed by atoms with Crippen molar-refractivity contribution in [2.45, 2.75) is 0 Å². The molecule has 1 aromatic carbocycles. The summed E-state index contributed by atoms with van der Waals surface area (Å²) in [5.74, 6) is 5.42. The molecule has 0 aliphatic rings. The van der Waals surface area contributed by atoms with Gasteiger partial charge < -0.3 is 10.7 Å². The van der Waals surface area contributed by atoms with Crippen LogP contribution >= 0.6 is 0 Å². The average Bonchev–Trinajstić information content (AvgIpc) is 2.03. The molecule has 0 amide bonds. The molecule has 0 aliphatic carbocycles. The van der Waals surface area contributed by atoms with E-state index in [-0.39, 0.29) is 5.69 Å². The fraction of sp³-hybridized carbons (Fsp3) is 0.143. The van der Waals surface area contributed by atoms with Gasteiger partial charge in [0.15, 0.2) is 0 Å². The second kappa shape index (κ2) is 3.28. The minimum atomic E-state index is -0.503. The lowest BCUT2D eigenvalue weighted by Crippen LogP contribution is -2.25. The van der Waals surface area contributed by atoms with E-state index in [1.807, 2.05) is 0 Å². The predicted octanol–water partition coefficient (Wildman–Crippen LogP) is 0.487. The highest BCUT2D eigenvalue weighted by molar-refractivity contribution is 5.69. The van der Waals surface area contributed by atoms with Crippen LogP contribution in [0, 0.1) is 10.1 Å². The minimum Gasteiger partial charge on any atom is -0.397 e. The van der Waals surface area contributed by atoms with Gasteiger partial charge >= 0.3 is 0 Å². The molecule has 6 heteroatoms. The second-order valence-electron chi connectivity index (χ2n) is 2.61. The number of nitro benzene ring substituents is 1. The van der Waals surface area contributed by atoms with E-state index in [9.17, 15) is 10.1 Å². The summed E-state index contributed by atoms with van der Waals surface area (Å²) in [7, 11) is 1.61. The van der Waals surface area contributed by atoms with Crippen molar-refractivity contribution < 1.29 is 4.92 Å². The van der Waals surface area contributed by atoms with Gasteiger partial charge in [0.05, 0.1) is 16.3 Å². The topological polar surface area (TPSA) is 98.4 Å². The Labute approximate surface area is 74.9 Å². The first-order chi connectivity index (χ1) is 6.02. The van der Waals surface area contributed by atoms with Gasteiger partial charge in [-0.25, -0.2) is 5.84 Å². The van der Waals surface area contributed by atoms with Crippen LogP contribution in [-0.2, 0) is 0 Å². The maximum atomic E-state index is 10.3. The second-order valence-corrected chi connectivity index (χ2v) is 2.61. The number of nitrogens with zero attached hydrogens (tertiary/aromatic N) is 2. The van der Waals surface area contributed by atoms with E-state index >= 15 is 0 Å². The number of hydrazine groups is 1. The lowest BCUT2D eigenvalue weighted by atomic mass is 10.2. The number of rotatable bonds is 2. The van der Waals surface area contributed by atoms with E-state index < -0.39 is 4.92 Å². The molecule has 1 rings (SSSR count).